The van der Waals surface area contributed by atoms with Crippen molar-refractivity contribution in [3.8, 4) is 0 Å². The zero-order chi connectivity index (χ0) is 11.8. The lowest BCUT2D eigenvalue weighted by Gasteiger charge is -2.14. The Labute approximate surface area is 98.6 Å². The summed E-state index contributed by atoms with van der Waals surface area (Å²) in [5, 5.41) is 1.07. The molecule has 0 radical (unpaired) electrons. The van der Waals surface area contributed by atoms with Crippen LogP contribution in [-0.2, 0) is 11.3 Å². The molecule has 0 saturated carbocycles. The number of aromatic amines is 1. The number of aromatic nitrogens is 2. The van der Waals surface area contributed by atoms with Crippen molar-refractivity contribution in [1.29, 1.82) is 0 Å². The summed E-state index contributed by atoms with van der Waals surface area (Å²) in [6.45, 7) is 1.34. The molecule has 0 bridgehead atoms. The Kier molecular flexibility index (Phi) is 2.33. The Morgan fingerprint density at radius 1 is 1.59 bits per heavy atom. The van der Waals surface area contributed by atoms with E-state index in [1.54, 1.807) is 11.1 Å². The highest BCUT2D eigenvalue weighted by atomic mass is 16.2. The van der Waals surface area contributed by atoms with Crippen LogP contribution in [-0.4, -0.2) is 33.4 Å². The summed E-state index contributed by atoms with van der Waals surface area (Å²) in [7, 11) is 0. The maximum atomic E-state index is 11.7. The van der Waals surface area contributed by atoms with Gasteiger partial charge in [-0.2, -0.15) is 0 Å². The number of nitrogens with zero attached hydrogens (tertiary/aromatic N) is 2. The monoisotopic (exact) mass is 230 g/mol. The Morgan fingerprint density at radius 3 is 3.18 bits per heavy atom. The summed E-state index contributed by atoms with van der Waals surface area (Å²) in [5.74, 6) is 0.0433. The van der Waals surface area contributed by atoms with E-state index < -0.39 is 0 Å². The number of hydrogen-bond acceptors (Lipinski definition) is 3. The predicted molar refractivity (Wildman–Crippen MR) is 64.1 cm³/mol. The van der Waals surface area contributed by atoms with Crippen molar-refractivity contribution in [2.75, 3.05) is 6.54 Å². The molecule has 2 aromatic heterocycles. The highest BCUT2D eigenvalue weighted by Gasteiger charge is 2.28. The van der Waals surface area contributed by atoms with E-state index >= 15 is 0 Å². The van der Waals surface area contributed by atoms with E-state index in [-0.39, 0.29) is 11.9 Å². The van der Waals surface area contributed by atoms with Crippen molar-refractivity contribution in [3.63, 3.8) is 0 Å². The predicted octanol–water partition coefficient (Wildman–Crippen LogP) is 0.622. The van der Waals surface area contributed by atoms with Gasteiger partial charge in [0, 0.05) is 35.5 Å². The highest BCUT2D eigenvalue weighted by molar-refractivity contribution is 5.84. The number of likely N-dealkylation sites (tertiary alicyclic amines) is 1. The Balaban J connectivity index is 1.83. The maximum absolute atomic E-state index is 11.7. The fourth-order valence-electron chi connectivity index (χ4n) is 2.24. The van der Waals surface area contributed by atoms with Crippen LogP contribution in [0.5, 0.6) is 0 Å². The molecule has 1 amide bonds. The van der Waals surface area contributed by atoms with Gasteiger partial charge in [-0.15, -0.1) is 0 Å². The van der Waals surface area contributed by atoms with Crippen LogP contribution in [0.1, 0.15) is 12.1 Å². The van der Waals surface area contributed by atoms with Gasteiger partial charge in [-0.3, -0.25) is 9.78 Å². The number of hydrogen-bond donors (Lipinski definition) is 2. The first-order valence-electron chi connectivity index (χ1n) is 5.70. The van der Waals surface area contributed by atoms with Crippen molar-refractivity contribution in [2.24, 2.45) is 5.73 Å². The number of nitrogens with two attached hydrogens (primary N) is 1. The van der Waals surface area contributed by atoms with Gasteiger partial charge in [-0.25, -0.2) is 0 Å². The van der Waals surface area contributed by atoms with Crippen molar-refractivity contribution in [1.82, 2.24) is 14.9 Å². The van der Waals surface area contributed by atoms with Gasteiger partial charge in [-0.1, -0.05) is 0 Å². The van der Waals surface area contributed by atoms with Gasteiger partial charge < -0.3 is 15.6 Å². The smallest absolute Gasteiger partial charge is 0.239 e. The van der Waals surface area contributed by atoms with E-state index in [1.165, 1.54) is 0 Å². The lowest BCUT2D eigenvalue weighted by molar-refractivity contribution is -0.129. The van der Waals surface area contributed by atoms with Crippen LogP contribution in [0.15, 0.2) is 24.5 Å². The van der Waals surface area contributed by atoms with E-state index in [0.717, 1.165) is 29.6 Å². The molecule has 3 rings (SSSR count). The van der Waals surface area contributed by atoms with Gasteiger partial charge in [-0.05, 0) is 18.6 Å². The second kappa shape index (κ2) is 3.85. The van der Waals surface area contributed by atoms with Crippen molar-refractivity contribution in [2.45, 2.75) is 19.0 Å². The first-order chi connectivity index (χ1) is 8.24. The van der Waals surface area contributed by atoms with Gasteiger partial charge in [0.1, 0.15) is 0 Å². The number of amides is 1. The van der Waals surface area contributed by atoms with Crippen LogP contribution in [0.2, 0.25) is 0 Å². The van der Waals surface area contributed by atoms with Crippen molar-refractivity contribution < 1.29 is 4.79 Å². The fourth-order valence-corrected chi connectivity index (χ4v) is 2.24. The third-order valence-corrected chi connectivity index (χ3v) is 3.18. The zero-order valence-electron chi connectivity index (χ0n) is 9.39. The quantitative estimate of drug-likeness (QED) is 0.794. The van der Waals surface area contributed by atoms with Crippen molar-refractivity contribution >= 4 is 16.8 Å². The van der Waals surface area contributed by atoms with E-state index in [4.69, 9.17) is 5.73 Å². The molecule has 3 heterocycles. The van der Waals surface area contributed by atoms with Gasteiger partial charge >= 0.3 is 0 Å². The summed E-state index contributed by atoms with van der Waals surface area (Å²) in [5.41, 5.74) is 7.76. The fraction of sp³-hybridized carbons (Fsp3) is 0.333. The van der Waals surface area contributed by atoms with E-state index in [0.29, 0.717) is 6.54 Å². The summed E-state index contributed by atoms with van der Waals surface area (Å²) < 4.78 is 0. The molecule has 17 heavy (non-hydrogen) atoms. The molecule has 2 aromatic rings. The number of nitrogens with one attached hydrogen (secondary N) is 1. The molecule has 1 saturated heterocycles. The molecular weight excluding hydrogens is 216 g/mol. The van der Waals surface area contributed by atoms with Crippen LogP contribution >= 0.6 is 0 Å². The highest BCUT2D eigenvalue weighted by Crippen LogP contribution is 2.17. The van der Waals surface area contributed by atoms with Crippen LogP contribution in [0.25, 0.3) is 10.9 Å². The van der Waals surface area contributed by atoms with Gasteiger partial charge in [0.25, 0.3) is 0 Å². The SMILES string of the molecule is N[C@@H]1CCN(Cc2cc3cnccc3[nH]2)C1=O. The number of rotatable bonds is 2. The molecule has 0 aromatic carbocycles. The summed E-state index contributed by atoms with van der Waals surface area (Å²) in [4.78, 5) is 20.8. The zero-order valence-corrected chi connectivity index (χ0v) is 9.39. The largest absolute Gasteiger partial charge is 0.357 e. The molecule has 0 aliphatic carbocycles. The minimum absolute atomic E-state index is 0.0433. The molecule has 1 fully saturated rings. The van der Waals surface area contributed by atoms with E-state index in [9.17, 15) is 4.79 Å². The first-order valence-corrected chi connectivity index (χ1v) is 5.70. The second-order valence-corrected chi connectivity index (χ2v) is 4.41. The Bertz CT molecular complexity index is 529. The normalized spacial score (nSPS) is 20.4. The number of carbonyl (C=O) groups is 1. The standard InChI is InChI=1S/C12H14N4O/c13-10-2-4-16(12(10)17)7-9-5-8-6-14-3-1-11(8)15-9/h1,3,5-6,10,15H,2,4,7,13H2/t10-/m1/s1. The topological polar surface area (TPSA) is 75.0 Å². The van der Waals surface area contributed by atoms with Crippen LogP contribution in [0, 0.1) is 0 Å². The summed E-state index contributed by atoms with van der Waals surface area (Å²) >= 11 is 0. The molecule has 1 aliphatic rings. The van der Waals surface area contributed by atoms with Crippen molar-refractivity contribution in [3.05, 3.63) is 30.2 Å². The number of fused-ring (bicyclic) bond motifs is 1. The lowest BCUT2D eigenvalue weighted by atomic mass is 10.3. The Morgan fingerprint density at radius 2 is 2.47 bits per heavy atom. The Hall–Kier alpha value is -1.88. The van der Waals surface area contributed by atoms with Gasteiger partial charge in [0.2, 0.25) is 5.91 Å². The van der Waals surface area contributed by atoms with Gasteiger partial charge in [0.15, 0.2) is 0 Å². The number of carbonyl (C=O) groups excluding carboxylic acids is 1. The minimum atomic E-state index is -0.318. The molecule has 0 spiro atoms. The molecule has 5 heteroatoms. The first kappa shape index (κ1) is 10.3. The molecular formula is C12H14N4O. The second-order valence-electron chi connectivity index (χ2n) is 4.41. The molecule has 1 atom stereocenters. The number of pyridine rings is 1. The molecule has 0 unspecified atom stereocenters. The van der Waals surface area contributed by atoms with Crippen LogP contribution in [0.3, 0.4) is 0 Å². The average Bonchev–Trinajstić information content (AvgIpc) is 2.87. The maximum Gasteiger partial charge on any atom is 0.239 e. The lowest BCUT2D eigenvalue weighted by Crippen LogP contribution is -2.33. The third-order valence-electron chi connectivity index (χ3n) is 3.18. The van der Waals surface area contributed by atoms with E-state index in [2.05, 4.69) is 9.97 Å². The minimum Gasteiger partial charge on any atom is -0.357 e. The summed E-state index contributed by atoms with van der Waals surface area (Å²) in [6, 6.07) is 3.64. The number of H-pyrrole nitrogens is 1. The molecule has 1 aliphatic heterocycles. The third kappa shape index (κ3) is 1.78. The summed E-state index contributed by atoms with van der Waals surface area (Å²) in [6.07, 6.45) is 4.31. The average molecular weight is 230 g/mol. The van der Waals surface area contributed by atoms with Crippen LogP contribution in [0.4, 0.5) is 0 Å². The molecule has 88 valence electrons. The van der Waals surface area contributed by atoms with Crippen LogP contribution < -0.4 is 5.73 Å². The van der Waals surface area contributed by atoms with E-state index in [1.807, 2.05) is 18.3 Å². The molecule has 5 nitrogen and oxygen atoms in total. The van der Waals surface area contributed by atoms with Gasteiger partial charge in [0.05, 0.1) is 12.6 Å². The molecule has 3 N–H and O–H groups in total.